The van der Waals surface area contributed by atoms with Crippen molar-refractivity contribution in [3.63, 3.8) is 0 Å². The minimum atomic E-state index is -0.555. The number of hydrogen-bond acceptors (Lipinski definition) is 4. The first-order valence-electron chi connectivity index (χ1n) is 8.14. The highest BCUT2D eigenvalue weighted by Gasteiger charge is 2.18. The van der Waals surface area contributed by atoms with Crippen molar-refractivity contribution in [3.8, 4) is 5.75 Å². The molecule has 6 heteroatoms. The zero-order valence-electron chi connectivity index (χ0n) is 14.6. The van der Waals surface area contributed by atoms with Gasteiger partial charge in [-0.05, 0) is 44.5 Å². The minimum absolute atomic E-state index is 0.280. The van der Waals surface area contributed by atoms with Gasteiger partial charge in [0.25, 0.3) is 0 Å². The Kier molecular flexibility index (Phi) is 6.39. The van der Waals surface area contributed by atoms with E-state index in [0.717, 1.165) is 11.3 Å². The van der Waals surface area contributed by atoms with Crippen LogP contribution < -0.4 is 15.0 Å². The van der Waals surface area contributed by atoms with Crippen molar-refractivity contribution in [1.29, 1.82) is 0 Å². The molecule has 1 N–H and O–H groups in total. The second kappa shape index (κ2) is 8.73. The van der Waals surface area contributed by atoms with Crippen LogP contribution in [-0.2, 0) is 4.74 Å². The van der Waals surface area contributed by atoms with Crippen LogP contribution in [0.15, 0.2) is 48.5 Å². The topological polar surface area (TPSA) is 67.9 Å². The Morgan fingerprint density at radius 3 is 2.52 bits per heavy atom. The summed E-state index contributed by atoms with van der Waals surface area (Å²) >= 11 is 0. The molecule has 0 spiro atoms. The number of nitrogens with zero attached hydrogens (tertiary/aromatic N) is 1. The van der Waals surface area contributed by atoms with Crippen molar-refractivity contribution in [1.82, 2.24) is 0 Å². The van der Waals surface area contributed by atoms with Crippen LogP contribution in [0.2, 0.25) is 0 Å². The minimum Gasteiger partial charge on any atom is -0.450 e. The highest BCUT2D eigenvalue weighted by Crippen LogP contribution is 2.22. The van der Waals surface area contributed by atoms with Crippen molar-refractivity contribution in [3.05, 3.63) is 54.1 Å². The smallest absolute Gasteiger partial charge is 0.419 e. The van der Waals surface area contributed by atoms with E-state index >= 15 is 0 Å². The maximum Gasteiger partial charge on any atom is 0.419 e. The largest absolute Gasteiger partial charge is 0.450 e. The van der Waals surface area contributed by atoms with Gasteiger partial charge in [0.2, 0.25) is 0 Å². The molecule has 6 nitrogen and oxygen atoms in total. The number of para-hydroxylation sites is 1. The molecule has 2 aromatic carbocycles. The van der Waals surface area contributed by atoms with Gasteiger partial charge in [-0.2, -0.15) is 0 Å². The molecule has 0 aliphatic rings. The molecule has 2 amide bonds. The molecule has 0 radical (unpaired) electrons. The summed E-state index contributed by atoms with van der Waals surface area (Å²) < 4.78 is 10.3. The van der Waals surface area contributed by atoms with Gasteiger partial charge in [0.15, 0.2) is 0 Å². The van der Waals surface area contributed by atoms with Crippen LogP contribution in [0.1, 0.15) is 19.4 Å². The van der Waals surface area contributed by atoms with Gasteiger partial charge in [0, 0.05) is 24.0 Å². The number of ether oxygens (including phenoxy) is 2. The summed E-state index contributed by atoms with van der Waals surface area (Å²) in [4.78, 5) is 25.6. The van der Waals surface area contributed by atoms with E-state index in [9.17, 15) is 9.59 Å². The van der Waals surface area contributed by atoms with Crippen LogP contribution in [0.25, 0.3) is 0 Å². The molecule has 0 aromatic heterocycles. The Morgan fingerprint density at radius 1 is 1.08 bits per heavy atom. The maximum absolute atomic E-state index is 12.5. The van der Waals surface area contributed by atoms with Gasteiger partial charge in [0.05, 0.1) is 6.61 Å². The van der Waals surface area contributed by atoms with Crippen LogP contribution in [0, 0.1) is 6.92 Å². The Labute approximate surface area is 147 Å². The average molecular weight is 342 g/mol. The molecule has 0 bridgehead atoms. The fraction of sp³-hybridized carbons (Fsp3) is 0.263. The number of benzene rings is 2. The number of rotatable bonds is 5. The number of carbonyl (C=O) groups is 2. The Morgan fingerprint density at radius 2 is 1.84 bits per heavy atom. The lowest BCUT2D eigenvalue weighted by Gasteiger charge is -2.22. The lowest BCUT2D eigenvalue weighted by atomic mass is 10.2. The molecule has 0 saturated carbocycles. The predicted octanol–water partition coefficient (Wildman–Crippen LogP) is 4.59. The van der Waals surface area contributed by atoms with Gasteiger partial charge >= 0.3 is 12.2 Å². The van der Waals surface area contributed by atoms with Gasteiger partial charge < -0.3 is 9.47 Å². The van der Waals surface area contributed by atoms with Crippen LogP contribution in [0.4, 0.5) is 21.0 Å². The zero-order valence-corrected chi connectivity index (χ0v) is 14.6. The number of carbonyl (C=O) groups excluding carboxylic acids is 2. The third-order valence-electron chi connectivity index (χ3n) is 3.50. The molecule has 0 unspecified atom stereocenters. The van der Waals surface area contributed by atoms with Crippen molar-refractivity contribution in [2.24, 2.45) is 0 Å². The highest BCUT2D eigenvalue weighted by molar-refractivity contribution is 5.90. The van der Waals surface area contributed by atoms with E-state index < -0.39 is 12.2 Å². The van der Waals surface area contributed by atoms with E-state index in [1.165, 1.54) is 0 Å². The molecule has 0 atom stereocenters. The van der Waals surface area contributed by atoms with Crippen molar-refractivity contribution >= 4 is 23.6 Å². The van der Waals surface area contributed by atoms with Crippen LogP contribution in [-0.4, -0.2) is 25.3 Å². The van der Waals surface area contributed by atoms with Crippen LogP contribution >= 0.6 is 0 Å². The molecule has 0 heterocycles. The summed E-state index contributed by atoms with van der Waals surface area (Å²) in [5.74, 6) is 0.339. The summed E-state index contributed by atoms with van der Waals surface area (Å²) in [6.07, 6.45) is -1.04. The van der Waals surface area contributed by atoms with E-state index in [2.05, 4.69) is 5.32 Å². The van der Waals surface area contributed by atoms with Gasteiger partial charge in [-0.1, -0.05) is 24.3 Å². The Bertz CT molecular complexity index is 746. The molecular weight excluding hydrogens is 320 g/mol. The van der Waals surface area contributed by atoms with E-state index in [1.807, 2.05) is 38.1 Å². The second-order valence-electron chi connectivity index (χ2n) is 5.27. The molecular formula is C19H22N2O4. The third kappa shape index (κ3) is 4.97. The van der Waals surface area contributed by atoms with E-state index in [1.54, 1.807) is 36.1 Å². The molecule has 0 fully saturated rings. The van der Waals surface area contributed by atoms with Crippen LogP contribution in [0.3, 0.4) is 0 Å². The second-order valence-corrected chi connectivity index (χ2v) is 5.27. The number of anilines is 2. The third-order valence-corrected chi connectivity index (χ3v) is 3.50. The fourth-order valence-corrected chi connectivity index (χ4v) is 2.34. The molecule has 25 heavy (non-hydrogen) atoms. The van der Waals surface area contributed by atoms with Crippen molar-refractivity contribution < 1.29 is 19.1 Å². The van der Waals surface area contributed by atoms with E-state index in [-0.39, 0.29) is 6.61 Å². The average Bonchev–Trinajstić information content (AvgIpc) is 2.57. The molecule has 2 rings (SSSR count). The van der Waals surface area contributed by atoms with E-state index in [4.69, 9.17) is 9.47 Å². The summed E-state index contributed by atoms with van der Waals surface area (Å²) in [6, 6.07) is 14.2. The van der Waals surface area contributed by atoms with Gasteiger partial charge in [-0.15, -0.1) is 0 Å². The van der Waals surface area contributed by atoms with Gasteiger partial charge in [-0.3, -0.25) is 10.2 Å². The van der Waals surface area contributed by atoms with Gasteiger partial charge in [-0.25, -0.2) is 9.59 Å². The number of hydrogen-bond donors (Lipinski definition) is 1. The first-order chi connectivity index (χ1) is 12.0. The molecule has 0 aliphatic heterocycles. The summed E-state index contributed by atoms with van der Waals surface area (Å²) in [5, 5.41) is 2.57. The number of amides is 2. The molecule has 2 aromatic rings. The summed E-state index contributed by atoms with van der Waals surface area (Å²) in [7, 11) is 0. The Balaban J connectivity index is 2.11. The first-order valence-corrected chi connectivity index (χ1v) is 8.14. The fourth-order valence-electron chi connectivity index (χ4n) is 2.34. The summed E-state index contributed by atoms with van der Waals surface area (Å²) in [6.45, 7) is 6.30. The van der Waals surface area contributed by atoms with Crippen LogP contribution in [0.5, 0.6) is 5.75 Å². The molecule has 0 aliphatic carbocycles. The zero-order chi connectivity index (χ0) is 18.2. The molecule has 132 valence electrons. The monoisotopic (exact) mass is 342 g/mol. The van der Waals surface area contributed by atoms with Crippen molar-refractivity contribution in [2.75, 3.05) is 23.4 Å². The number of aryl methyl sites for hydroxylation is 1. The lowest BCUT2D eigenvalue weighted by molar-refractivity contribution is 0.168. The van der Waals surface area contributed by atoms with E-state index in [0.29, 0.717) is 18.0 Å². The maximum atomic E-state index is 12.5. The normalized spacial score (nSPS) is 10.0. The SMILES string of the molecule is CCOC(=O)Nc1cccc(OC(=O)N(CC)c2ccccc2C)c1. The standard InChI is InChI=1S/C19H22N2O4/c1-4-21(17-12-7-6-9-14(17)3)19(23)25-16-11-8-10-15(13-16)20-18(22)24-5-2/h6-13H,4-5H2,1-3H3,(H,20,22). The molecule has 0 saturated heterocycles. The van der Waals surface area contributed by atoms with Crippen molar-refractivity contribution in [2.45, 2.75) is 20.8 Å². The van der Waals surface area contributed by atoms with Gasteiger partial charge in [0.1, 0.15) is 5.75 Å². The number of nitrogens with one attached hydrogen (secondary N) is 1. The quantitative estimate of drug-likeness (QED) is 0.863. The Hall–Kier alpha value is -3.02. The summed E-state index contributed by atoms with van der Waals surface area (Å²) in [5.41, 5.74) is 2.28. The predicted molar refractivity (Wildman–Crippen MR) is 97.3 cm³/mol. The first kappa shape index (κ1) is 18.3. The lowest BCUT2D eigenvalue weighted by Crippen LogP contribution is -2.33. The highest BCUT2D eigenvalue weighted by atomic mass is 16.6.